The van der Waals surface area contributed by atoms with Crippen molar-refractivity contribution < 1.29 is 15.3 Å². The molecule has 0 radical (unpaired) electrons. The largest absolute Gasteiger partial charge is 0.504 e. The number of aromatic hydroxyl groups is 3. The number of hydrogen-bond donors (Lipinski definition) is 4. The normalized spacial score (nSPS) is 10.4. The van der Waals surface area contributed by atoms with Crippen LogP contribution in [0.15, 0.2) is 29.1 Å². The van der Waals surface area contributed by atoms with E-state index in [0.717, 1.165) is 0 Å². The first-order valence-electron chi connectivity index (χ1n) is 4.64. The van der Waals surface area contributed by atoms with Crippen LogP contribution in [0.5, 0.6) is 17.4 Å². The van der Waals surface area contributed by atoms with Crippen LogP contribution in [0.4, 0.5) is 0 Å². The summed E-state index contributed by atoms with van der Waals surface area (Å²) in [7, 11) is 0. The minimum absolute atomic E-state index is 0.0567. The molecular weight excluding hydrogens is 246 g/mol. The first-order valence-corrected chi connectivity index (χ1v) is 5.01. The van der Waals surface area contributed by atoms with Crippen molar-refractivity contribution in [2.24, 2.45) is 0 Å². The molecule has 0 bridgehead atoms. The molecule has 0 aliphatic heterocycles. The molecule has 4 N–H and O–H groups in total. The van der Waals surface area contributed by atoms with Crippen molar-refractivity contribution in [1.82, 2.24) is 4.98 Å². The van der Waals surface area contributed by atoms with Gasteiger partial charge in [0.05, 0.1) is 5.56 Å². The van der Waals surface area contributed by atoms with E-state index >= 15 is 0 Å². The van der Waals surface area contributed by atoms with Crippen LogP contribution in [0, 0.1) is 0 Å². The van der Waals surface area contributed by atoms with Gasteiger partial charge in [-0.2, -0.15) is 0 Å². The monoisotopic (exact) mass is 253 g/mol. The van der Waals surface area contributed by atoms with Crippen LogP contribution in [0.3, 0.4) is 0 Å². The molecule has 0 fully saturated rings. The van der Waals surface area contributed by atoms with Crippen molar-refractivity contribution >= 4 is 11.6 Å². The zero-order chi connectivity index (χ0) is 12.6. The van der Waals surface area contributed by atoms with E-state index in [4.69, 9.17) is 11.6 Å². The molecule has 17 heavy (non-hydrogen) atoms. The van der Waals surface area contributed by atoms with Crippen molar-refractivity contribution in [2.75, 3.05) is 0 Å². The second kappa shape index (κ2) is 4.03. The zero-order valence-corrected chi connectivity index (χ0v) is 9.19. The second-order valence-electron chi connectivity index (χ2n) is 3.38. The van der Waals surface area contributed by atoms with E-state index in [1.165, 1.54) is 12.1 Å². The van der Waals surface area contributed by atoms with Gasteiger partial charge >= 0.3 is 0 Å². The Hall–Kier alpha value is -2.14. The molecule has 88 valence electrons. The maximum Gasteiger partial charge on any atom is 0.296 e. The predicted molar refractivity (Wildman–Crippen MR) is 62.5 cm³/mol. The van der Waals surface area contributed by atoms with Gasteiger partial charge in [0.25, 0.3) is 5.56 Å². The first kappa shape index (κ1) is 11.3. The lowest BCUT2D eigenvalue weighted by atomic mass is 10.1. The number of rotatable bonds is 1. The summed E-state index contributed by atoms with van der Waals surface area (Å²) in [5, 5.41) is 29.0. The molecule has 0 saturated heterocycles. The fraction of sp³-hybridized carbons (Fsp3) is 0. The van der Waals surface area contributed by atoms with Gasteiger partial charge in [0.1, 0.15) is 0 Å². The van der Waals surface area contributed by atoms with Crippen LogP contribution in [0.1, 0.15) is 0 Å². The van der Waals surface area contributed by atoms with Crippen LogP contribution in [0.2, 0.25) is 5.02 Å². The molecular formula is C11H8ClNO4. The van der Waals surface area contributed by atoms with E-state index < -0.39 is 22.9 Å². The maximum atomic E-state index is 11.1. The topological polar surface area (TPSA) is 93.6 Å². The lowest BCUT2D eigenvalue weighted by Crippen LogP contribution is -2.05. The summed E-state index contributed by atoms with van der Waals surface area (Å²) >= 11 is 5.70. The van der Waals surface area contributed by atoms with Gasteiger partial charge in [0, 0.05) is 5.02 Å². The Kier molecular flexibility index (Phi) is 2.69. The van der Waals surface area contributed by atoms with Crippen molar-refractivity contribution in [2.45, 2.75) is 0 Å². The summed E-state index contributed by atoms with van der Waals surface area (Å²) in [6.07, 6.45) is 0. The standard InChI is InChI=1S/C11H8ClNO4/c12-6-3-1-5(2-4-6)7-8(14)9(15)11(17)13-10(7)16/h1-4,15H,(H3,13,14,16,17). The predicted octanol–water partition coefficient (Wildman–Crippen LogP) is 1.81. The molecule has 2 rings (SSSR count). The molecule has 0 saturated carbocycles. The van der Waals surface area contributed by atoms with Gasteiger partial charge in [-0.3, -0.25) is 9.78 Å². The van der Waals surface area contributed by atoms with Gasteiger partial charge in [0.2, 0.25) is 11.6 Å². The summed E-state index contributed by atoms with van der Waals surface area (Å²) in [5.41, 5.74) is -0.604. The third-order valence-electron chi connectivity index (χ3n) is 2.28. The highest BCUT2D eigenvalue weighted by atomic mass is 35.5. The molecule has 0 unspecified atom stereocenters. The number of H-pyrrole nitrogens is 1. The van der Waals surface area contributed by atoms with E-state index in [2.05, 4.69) is 0 Å². The number of hydrogen-bond acceptors (Lipinski definition) is 4. The molecule has 1 aromatic heterocycles. The highest BCUT2D eigenvalue weighted by Gasteiger charge is 2.17. The fourth-order valence-corrected chi connectivity index (χ4v) is 1.58. The van der Waals surface area contributed by atoms with Gasteiger partial charge in [0.15, 0.2) is 5.75 Å². The summed E-state index contributed by atoms with van der Waals surface area (Å²) < 4.78 is 0. The summed E-state index contributed by atoms with van der Waals surface area (Å²) in [5.74, 6) is -2.03. The number of halogens is 1. The van der Waals surface area contributed by atoms with Crippen molar-refractivity contribution in [1.29, 1.82) is 0 Å². The maximum absolute atomic E-state index is 11.1. The third-order valence-corrected chi connectivity index (χ3v) is 2.53. The Bertz CT molecular complexity index is 619. The molecule has 2 aromatic rings. The minimum atomic E-state index is -0.960. The molecule has 1 heterocycles. The van der Waals surface area contributed by atoms with E-state index in [9.17, 15) is 20.1 Å². The Morgan fingerprint density at radius 3 is 2.18 bits per heavy atom. The highest BCUT2D eigenvalue weighted by Crippen LogP contribution is 2.39. The summed E-state index contributed by atoms with van der Waals surface area (Å²) in [6, 6.07) is 6.18. The molecule has 0 atom stereocenters. The van der Waals surface area contributed by atoms with Gasteiger partial charge in [-0.15, -0.1) is 0 Å². The molecule has 5 nitrogen and oxygen atoms in total. The zero-order valence-electron chi connectivity index (χ0n) is 8.44. The average Bonchev–Trinajstić information content (AvgIpc) is 2.29. The minimum Gasteiger partial charge on any atom is -0.504 e. The molecule has 1 aromatic carbocycles. The van der Waals surface area contributed by atoms with E-state index in [1.54, 1.807) is 12.1 Å². The van der Waals surface area contributed by atoms with Crippen LogP contribution >= 0.6 is 11.6 Å². The van der Waals surface area contributed by atoms with E-state index in [0.29, 0.717) is 10.6 Å². The van der Waals surface area contributed by atoms with Crippen LogP contribution in [-0.2, 0) is 0 Å². The lowest BCUT2D eigenvalue weighted by molar-refractivity contribution is 0.386. The van der Waals surface area contributed by atoms with Gasteiger partial charge < -0.3 is 15.3 Å². The summed E-state index contributed by atoms with van der Waals surface area (Å²) in [4.78, 5) is 13.1. The van der Waals surface area contributed by atoms with Crippen LogP contribution in [0.25, 0.3) is 11.1 Å². The van der Waals surface area contributed by atoms with Crippen molar-refractivity contribution in [3.63, 3.8) is 0 Å². The lowest BCUT2D eigenvalue weighted by Gasteiger charge is -2.08. The van der Waals surface area contributed by atoms with Crippen LogP contribution in [-0.4, -0.2) is 20.3 Å². The fourth-order valence-electron chi connectivity index (χ4n) is 1.46. The first-order chi connectivity index (χ1) is 8.00. The molecule has 0 aliphatic rings. The molecule has 0 aliphatic carbocycles. The van der Waals surface area contributed by atoms with Crippen molar-refractivity contribution in [3.8, 4) is 28.5 Å². The Balaban J connectivity index is 2.71. The van der Waals surface area contributed by atoms with Gasteiger partial charge in [-0.05, 0) is 17.7 Å². The highest BCUT2D eigenvalue weighted by molar-refractivity contribution is 6.30. The number of aromatic nitrogens is 1. The Morgan fingerprint density at radius 2 is 1.59 bits per heavy atom. The quantitative estimate of drug-likeness (QED) is 0.624. The van der Waals surface area contributed by atoms with Gasteiger partial charge in [-0.1, -0.05) is 23.7 Å². The van der Waals surface area contributed by atoms with Crippen LogP contribution < -0.4 is 5.56 Å². The number of aromatic amines is 1. The molecule has 6 heteroatoms. The Morgan fingerprint density at radius 1 is 1.00 bits per heavy atom. The summed E-state index contributed by atoms with van der Waals surface area (Å²) in [6.45, 7) is 0. The third kappa shape index (κ3) is 1.92. The SMILES string of the molecule is O=c1[nH]c(O)c(-c2ccc(Cl)cc2)c(O)c1O. The number of benzene rings is 1. The van der Waals surface area contributed by atoms with Crippen molar-refractivity contribution in [3.05, 3.63) is 39.6 Å². The van der Waals surface area contributed by atoms with E-state index in [-0.39, 0.29) is 5.56 Å². The average molecular weight is 254 g/mol. The molecule has 0 spiro atoms. The second-order valence-corrected chi connectivity index (χ2v) is 3.82. The van der Waals surface area contributed by atoms with E-state index in [1.807, 2.05) is 4.98 Å². The van der Waals surface area contributed by atoms with Gasteiger partial charge in [-0.25, -0.2) is 0 Å². The number of pyridine rings is 1. The molecule has 0 amide bonds. The number of nitrogens with one attached hydrogen (secondary N) is 1. The Labute approximate surface area is 101 Å². The smallest absolute Gasteiger partial charge is 0.296 e.